The Labute approximate surface area is 121 Å². The molecule has 0 spiro atoms. The van der Waals surface area contributed by atoms with Crippen molar-refractivity contribution in [2.24, 2.45) is 0 Å². The van der Waals surface area contributed by atoms with E-state index in [9.17, 15) is 13.0 Å². The van der Waals surface area contributed by atoms with Crippen LogP contribution in [0.15, 0.2) is 48.5 Å². The first-order valence-electron chi connectivity index (χ1n) is 6.48. The zero-order valence-electron chi connectivity index (χ0n) is 12.1. The summed E-state index contributed by atoms with van der Waals surface area (Å²) in [5.41, 5.74) is 0. The zero-order chi connectivity index (χ0) is 15.4. The average molecular weight is 297 g/mol. The lowest BCUT2D eigenvalue weighted by molar-refractivity contribution is 0.184. The molecule has 2 aromatic carbocycles. The summed E-state index contributed by atoms with van der Waals surface area (Å²) in [6.07, 6.45) is 0. The van der Waals surface area contributed by atoms with Gasteiger partial charge >= 0.3 is 0 Å². The van der Waals surface area contributed by atoms with Crippen LogP contribution in [-0.4, -0.2) is 25.5 Å². The minimum absolute atomic E-state index is 0.251. The van der Waals surface area contributed by atoms with Crippen LogP contribution < -0.4 is 0 Å². The van der Waals surface area contributed by atoms with Crippen molar-refractivity contribution in [3.05, 3.63) is 48.5 Å². The van der Waals surface area contributed by atoms with Crippen molar-refractivity contribution in [1.29, 1.82) is 0 Å². The fraction of sp³-hybridized carbons (Fsp3) is 0.333. The van der Waals surface area contributed by atoms with E-state index in [-0.39, 0.29) is 6.61 Å². The van der Waals surface area contributed by atoms with Crippen LogP contribution in [0.5, 0.6) is 0 Å². The first-order valence-corrected chi connectivity index (χ1v) is 8.06. The van der Waals surface area contributed by atoms with Crippen LogP contribution in [0.3, 0.4) is 0 Å². The molecule has 5 heteroatoms. The van der Waals surface area contributed by atoms with Crippen LogP contribution in [0, 0.1) is 0 Å². The lowest BCUT2D eigenvalue weighted by atomic mass is 10.1. The van der Waals surface area contributed by atoms with Crippen LogP contribution in [0.2, 0.25) is 0 Å². The average Bonchev–Trinajstić information content (AvgIpc) is 2.47. The van der Waals surface area contributed by atoms with Crippen molar-refractivity contribution in [2.75, 3.05) is 12.5 Å². The van der Waals surface area contributed by atoms with Gasteiger partial charge in [-0.05, 0) is 17.7 Å². The van der Waals surface area contributed by atoms with Gasteiger partial charge in [-0.25, -0.2) is 8.42 Å². The van der Waals surface area contributed by atoms with Gasteiger partial charge in [-0.1, -0.05) is 62.4 Å². The molecule has 0 fully saturated rings. The topological polar surface area (TPSA) is 66.4 Å². The van der Waals surface area contributed by atoms with Gasteiger partial charge in [0.05, 0.1) is 0 Å². The van der Waals surface area contributed by atoms with E-state index in [4.69, 9.17) is 0 Å². The first kappa shape index (κ1) is 18.6. The van der Waals surface area contributed by atoms with Crippen LogP contribution in [0.1, 0.15) is 20.8 Å². The molecule has 0 aromatic heterocycles. The molecule has 2 aromatic rings. The lowest BCUT2D eigenvalue weighted by Crippen LogP contribution is -2.07. The van der Waals surface area contributed by atoms with E-state index in [0.29, 0.717) is 0 Å². The zero-order valence-corrected chi connectivity index (χ0v) is 12.9. The summed E-state index contributed by atoms with van der Waals surface area (Å²) in [5, 5.41) is 2.62. The van der Waals surface area contributed by atoms with Crippen molar-refractivity contribution < 1.29 is 17.7 Å². The predicted octanol–water partition coefficient (Wildman–Crippen LogP) is 3.39. The highest BCUT2D eigenvalue weighted by Crippen LogP contribution is 2.11. The molecular formula is C15H21O4S-. The van der Waals surface area contributed by atoms with Gasteiger partial charge in [-0.2, -0.15) is 0 Å². The number of rotatable bonds is 3. The normalized spacial score (nSPS) is 10.0. The fourth-order valence-electron chi connectivity index (χ4n) is 1.32. The van der Waals surface area contributed by atoms with Gasteiger partial charge in [0.1, 0.15) is 16.1 Å². The first-order chi connectivity index (χ1) is 9.53. The Kier molecular flexibility index (Phi) is 9.63. The summed E-state index contributed by atoms with van der Waals surface area (Å²) in [7, 11) is -4.16. The second-order valence-electron chi connectivity index (χ2n) is 3.52. The minimum atomic E-state index is -4.16. The number of hydrogen-bond donors (Lipinski definition) is 0. The molecule has 0 heterocycles. The van der Waals surface area contributed by atoms with Gasteiger partial charge in [0, 0.05) is 6.61 Å². The maximum Gasteiger partial charge on any atom is 0.136 e. The van der Waals surface area contributed by atoms with E-state index in [2.05, 4.69) is 53.3 Å². The fourth-order valence-corrected chi connectivity index (χ4v) is 1.69. The standard InChI is InChI=1S/C10H8.C3H8O4S.C2H6/c1-2-6-10-8-4-3-7-9(10)5-1;1-2-7-3-8(4,5)6;1-2/h1-8H;2-3H2,1H3,(H,4,5,6);1-2H3/p-1. The molecule has 0 unspecified atom stereocenters. The van der Waals surface area contributed by atoms with Crippen molar-refractivity contribution >= 4 is 20.9 Å². The van der Waals surface area contributed by atoms with Crippen molar-refractivity contribution in [3.8, 4) is 0 Å². The Morgan fingerprint density at radius 2 is 1.30 bits per heavy atom. The Hall–Kier alpha value is -1.43. The Bertz CT molecular complexity index is 514. The second kappa shape index (κ2) is 10.4. The maximum atomic E-state index is 9.71. The summed E-state index contributed by atoms with van der Waals surface area (Å²) in [6, 6.07) is 16.7. The summed E-state index contributed by atoms with van der Waals surface area (Å²) in [5.74, 6) is -0.719. The van der Waals surface area contributed by atoms with E-state index < -0.39 is 16.1 Å². The number of benzene rings is 2. The molecule has 20 heavy (non-hydrogen) atoms. The van der Waals surface area contributed by atoms with Gasteiger partial charge in [-0.3, -0.25) is 0 Å². The molecule has 2 rings (SSSR count). The molecule has 112 valence electrons. The molecule has 0 saturated heterocycles. The van der Waals surface area contributed by atoms with E-state index in [1.54, 1.807) is 6.92 Å². The Balaban J connectivity index is 0.000000330. The molecule has 0 aliphatic heterocycles. The van der Waals surface area contributed by atoms with Gasteiger partial charge < -0.3 is 9.29 Å². The number of ether oxygens (including phenoxy) is 1. The molecule has 0 N–H and O–H groups in total. The van der Waals surface area contributed by atoms with E-state index in [0.717, 1.165) is 0 Å². The summed E-state index contributed by atoms with van der Waals surface area (Å²) in [4.78, 5) is 0. The largest absolute Gasteiger partial charge is 0.746 e. The van der Waals surface area contributed by atoms with Crippen LogP contribution in [0.25, 0.3) is 10.8 Å². The van der Waals surface area contributed by atoms with Gasteiger partial charge in [0.2, 0.25) is 0 Å². The van der Waals surface area contributed by atoms with Crippen LogP contribution in [-0.2, 0) is 14.9 Å². The highest BCUT2D eigenvalue weighted by Gasteiger charge is 1.89. The molecule has 4 nitrogen and oxygen atoms in total. The second-order valence-corrected chi connectivity index (χ2v) is 4.87. The summed E-state index contributed by atoms with van der Waals surface area (Å²) in [6.45, 7) is 5.87. The van der Waals surface area contributed by atoms with E-state index in [1.165, 1.54) is 10.8 Å². The lowest BCUT2D eigenvalue weighted by Gasteiger charge is -2.04. The molecule has 0 aliphatic carbocycles. The van der Waals surface area contributed by atoms with Crippen molar-refractivity contribution in [1.82, 2.24) is 0 Å². The highest BCUT2D eigenvalue weighted by molar-refractivity contribution is 7.85. The highest BCUT2D eigenvalue weighted by atomic mass is 32.2. The van der Waals surface area contributed by atoms with Crippen LogP contribution in [0.4, 0.5) is 0 Å². The summed E-state index contributed by atoms with van der Waals surface area (Å²) < 4.78 is 33.4. The molecule has 0 atom stereocenters. The number of fused-ring (bicyclic) bond motifs is 1. The van der Waals surface area contributed by atoms with Crippen molar-refractivity contribution in [3.63, 3.8) is 0 Å². The third-order valence-electron chi connectivity index (χ3n) is 2.09. The molecule has 0 radical (unpaired) electrons. The predicted molar refractivity (Wildman–Crippen MR) is 81.5 cm³/mol. The van der Waals surface area contributed by atoms with Crippen molar-refractivity contribution in [2.45, 2.75) is 20.8 Å². The van der Waals surface area contributed by atoms with Gasteiger partial charge in [0.25, 0.3) is 0 Å². The molecule has 0 aliphatic rings. The Morgan fingerprint density at radius 3 is 1.50 bits per heavy atom. The van der Waals surface area contributed by atoms with Gasteiger partial charge in [0.15, 0.2) is 0 Å². The third kappa shape index (κ3) is 8.63. The summed E-state index contributed by atoms with van der Waals surface area (Å²) >= 11 is 0. The SMILES string of the molecule is CC.CCOCS(=O)(=O)[O-].c1ccc2ccccc2c1. The Morgan fingerprint density at radius 1 is 0.950 bits per heavy atom. The molecule has 0 saturated carbocycles. The number of hydrogen-bond acceptors (Lipinski definition) is 4. The van der Waals surface area contributed by atoms with Gasteiger partial charge in [-0.15, -0.1) is 0 Å². The minimum Gasteiger partial charge on any atom is -0.746 e. The molecule has 0 amide bonds. The maximum absolute atomic E-state index is 9.71. The monoisotopic (exact) mass is 297 g/mol. The van der Waals surface area contributed by atoms with E-state index in [1.807, 2.05) is 13.8 Å². The van der Waals surface area contributed by atoms with Crippen LogP contribution >= 0.6 is 0 Å². The van der Waals surface area contributed by atoms with E-state index >= 15 is 0 Å². The smallest absolute Gasteiger partial charge is 0.136 e. The molecule has 0 bridgehead atoms. The quantitative estimate of drug-likeness (QED) is 0.814. The third-order valence-corrected chi connectivity index (χ3v) is 2.55. The molecular weight excluding hydrogens is 276 g/mol.